The summed E-state index contributed by atoms with van der Waals surface area (Å²) < 4.78 is 0. The van der Waals surface area contributed by atoms with Crippen LogP contribution < -0.4 is 0 Å². The fraction of sp³-hybridized carbons (Fsp3) is 0.625. The summed E-state index contributed by atoms with van der Waals surface area (Å²) in [5, 5.41) is 8.46. The lowest BCUT2D eigenvalue weighted by molar-refractivity contribution is 0.542. The average molecular weight is 169 g/mol. The zero-order valence-corrected chi connectivity index (χ0v) is 8.17. The van der Waals surface area contributed by atoms with Gasteiger partial charge in [-0.3, -0.25) is 0 Å². The van der Waals surface area contributed by atoms with E-state index < -0.39 is 8.32 Å². The van der Waals surface area contributed by atoms with Gasteiger partial charge in [-0.15, -0.1) is 6.58 Å². The molecule has 0 spiro atoms. The molecule has 0 radical (unpaired) electrons. The van der Waals surface area contributed by atoms with Gasteiger partial charge >= 0.3 is 0 Å². The molecule has 62 valence electrons. The van der Waals surface area contributed by atoms with Gasteiger partial charge in [0.25, 0.3) is 0 Å². The van der Waals surface area contributed by atoms with E-state index in [4.69, 9.17) is 5.26 Å². The molecule has 0 aliphatic rings. The van der Waals surface area contributed by atoms with Gasteiger partial charge in [-0.2, -0.15) is 5.26 Å². The van der Waals surface area contributed by atoms with Crippen molar-refractivity contribution >= 4 is 8.32 Å². The highest BCUT2D eigenvalue weighted by Gasteiger charge is 2.20. The molecule has 3 heteroatoms. The summed E-state index contributed by atoms with van der Waals surface area (Å²) in [7, 11) is -2.14. The highest BCUT2D eigenvalue weighted by atomic mass is 28.4. The molecule has 0 bridgehead atoms. The van der Waals surface area contributed by atoms with Crippen molar-refractivity contribution in [2.24, 2.45) is 5.92 Å². The molecule has 1 N–H and O–H groups in total. The van der Waals surface area contributed by atoms with Crippen LogP contribution in [0.3, 0.4) is 0 Å². The van der Waals surface area contributed by atoms with Crippen molar-refractivity contribution in [3.8, 4) is 6.07 Å². The minimum absolute atomic E-state index is 0.0499. The van der Waals surface area contributed by atoms with Gasteiger partial charge in [0.2, 0.25) is 8.32 Å². The smallest absolute Gasteiger partial charge is 0.209 e. The van der Waals surface area contributed by atoms with Gasteiger partial charge in [0, 0.05) is 5.92 Å². The monoisotopic (exact) mass is 169 g/mol. The Labute approximate surface area is 69.3 Å². The summed E-state index contributed by atoms with van der Waals surface area (Å²) in [5.74, 6) is 0.0499. The summed E-state index contributed by atoms with van der Waals surface area (Å²) in [5.41, 5.74) is 1.65. The molecule has 2 atom stereocenters. The molecule has 0 rings (SSSR count). The zero-order valence-electron chi connectivity index (χ0n) is 7.17. The van der Waals surface area contributed by atoms with E-state index in [1.807, 2.05) is 13.5 Å². The van der Waals surface area contributed by atoms with Gasteiger partial charge in [0.15, 0.2) is 0 Å². The molecule has 0 aliphatic heterocycles. The van der Waals surface area contributed by atoms with Gasteiger partial charge in [0.1, 0.15) is 0 Å². The molecule has 0 aliphatic carbocycles. The van der Waals surface area contributed by atoms with E-state index in [0.717, 1.165) is 12.5 Å². The third-order valence-electron chi connectivity index (χ3n) is 1.74. The van der Waals surface area contributed by atoms with Crippen LogP contribution in [0.25, 0.3) is 0 Å². The lowest BCUT2D eigenvalue weighted by Gasteiger charge is -2.14. The van der Waals surface area contributed by atoms with Crippen LogP contribution >= 0.6 is 0 Å². The topological polar surface area (TPSA) is 44.0 Å². The summed E-state index contributed by atoms with van der Waals surface area (Å²) in [6.07, 6.45) is 0.780. The van der Waals surface area contributed by atoms with Crippen LogP contribution in [0.15, 0.2) is 12.3 Å². The highest BCUT2D eigenvalue weighted by Crippen LogP contribution is 2.14. The van der Waals surface area contributed by atoms with Crippen molar-refractivity contribution in [3.63, 3.8) is 0 Å². The molecule has 2 nitrogen and oxygen atoms in total. The minimum atomic E-state index is -2.14. The Balaban J connectivity index is 3.71. The van der Waals surface area contributed by atoms with E-state index in [1.54, 1.807) is 5.70 Å². The molecule has 0 fully saturated rings. The Kier molecular flexibility index (Phi) is 4.09. The Bertz CT molecular complexity index is 171. The summed E-state index contributed by atoms with van der Waals surface area (Å²) in [6.45, 7) is 7.27. The molecule has 0 heterocycles. The molecule has 0 amide bonds. The van der Waals surface area contributed by atoms with Crippen LogP contribution in [0.4, 0.5) is 0 Å². The molecular weight excluding hydrogens is 154 g/mol. The van der Waals surface area contributed by atoms with Gasteiger partial charge in [-0.05, 0) is 25.9 Å². The molecule has 2 unspecified atom stereocenters. The maximum absolute atomic E-state index is 9.58. The van der Waals surface area contributed by atoms with Gasteiger partial charge in [0.05, 0.1) is 6.07 Å². The molecular formula is C8H15NOSi. The van der Waals surface area contributed by atoms with Crippen LogP contribution in [0, 0.1) is 17.2 Å². The van der Waals surface area contributed by atoms with E-state index in [1.165, 1.54) is 0 Å². The number of hydrogen-bond donors (Lipinski definition) is 1. The van der Waals surface area contributed by atoms with E-state index >= 15 is 0 Å². The Hall–Kier alpha value is -0.593. The molecule has 0 aromatic heterocycles. The summed E-state index contributed by atoms with van der Waals surface area (Å²) >= 11 is 0. The molecule has 0 saturated carbocycles. The third-order valence-corrected chi connectivity index (χ3v) is 3.92. The van der Waals surface area contributed by atoms with Crippen LogP contribution in [0.1, 0.15) is 13.3 Å². The predicted octanol–water partition coefficient (Wildman–Crippen LogP) is 1.83. The second kappa shape index (κ2) is 4.32. The van der Waals surface area contributed by atoms with Crippen molar-refractivity contribution in [2.75, 3.05) is 0 Å². The molecule has 11 heavy (non-hydrogen) atoms. The maximum Gasteiger partial charge on any atom is 0.209 e. The highest BCUT2D eigenvalue weighted by molar-refractivity contribution is 6.76. The molecule has 0 saturated heterocycles. The Morgan fingerprint density at radius 2 is 2.36 bits per heavy atom. The zero-order chi connectivity index (χ0) is 8.91. The normalized spacial score (nSPS) is 18.0. The first-order valence-corrected chi connectivity index (χ1v) is 6.50. The standard InChI is InChI=1S/C8H15NOSi/c1-4-11(3,10)6-5-8(2)7-9/h4,8,10H,1,5-6H2,2-3H3. The van der Waals surface area contributed by atoms with Gasteiger partial charge < -0.3 is 4.80 Å². The van der Waals surface area contributed by atoms with E-state index in [-0.39, 0.29) is 5.92 Å². The van der Waals surface area contributed by atoms with E-state index in [2.05, 4.69) is 12.6 Å². The number of nitriles is 1. The van der Waals surface area contributed by atoms with Crippen molar-refractivity contribution in [1.82, 2.24) is 0 Å². The van der Waals surface area contributed by atoms with Crippen LogP contribution in [0.5, 0.6) is 0 Å². The SMILES string of the molecule is C=C[Si](C)(O)CCC(C)C#N. The van der Waals surface area contributed by atoms with E-state index in [9.17, 15) is 4.80 Å². The number of nitrogens with zero attached hydrogens (tertiary/aromatic N) is 1. The first-order chi connectivity index (χ1) is 5.02. The lowest BCUT2D eigenvalue weighted by Crippen LogP contribution is -2.27. The predicted molar refractivity (Wildman–Crippen MR) is 48.2 cm³/mol. The van der Waals surface area contributed by atoms with Crippen molar-refractivity contribution in [3.05, 3.63) is 12.3 Å². The van der Waals surface area contributed by atoms with Crippen molar-refractivity contribution < 1.29 is 4.80 Å². The summed E-state index contributed by atoms with van der Waals surface area (Å²) in [6, 6.07) is 2.88. The second-order valence-electron chi connectivity index (χ2n) is 3.13. The quantitative estimate of drug-likeness (QED) is 0.652. The van der Waals surface area contributed by atoms with E-state index in [0.29, 0.717) is 0 Å². The second-order valence-corrected chi connectivity index (χ2v) is 6.75. The van der Waals surface area contributed by atoms with Gasteiger partial charge in [-0.25, -0.2) is 0 Å². The summed E-state index contributed by atoms with van der Waals surface area (Å²) in [4.78, 5) is 9.58. The number of rotatable bonds is 4. The Morgan fingerprint density at radius 1 is 1.82 bits per heavy atom. The van der Waals surface area contributed by atoms with Crippen LogP contribution in [-0.2, 0) is 0 Å². The first-order valence-electron chi connectivity index (χ1n) is 3.77. The molecule has 0 aromatic rings. The molecule has 0 aromatic carbocycles. The average Bonchev–Trinajstić information content (AvgIpc) is 2.00. The maximum atomic E-state index is 9.58. The third kappa shape index (κ3) is 4.77. The minimum Gasteiger partial charge on any atom is -0.428 e. The largest absolute Gasteiger partial charge is 0.428 e. The first kappa shape index (κ1) is 10.4. The Morgan fingerprint density at radius 3 is 2.73 bits per heavy atom. The fourth-order valence-electron chi connectivity index (χ4n) is 0.675. The fourth-order valence-corrected chi connectivity index (χ4v) is 1.90. The van der Waals surface area contributed by atoms with Crippen molar-refractivity contribution in [1.29, 1.82) is 5.26 Å². The van der Waals surface area contributed by atoms with Crippen molar-refractivity contribution in [2.45, 2.75) is 25.9 Å². The number of hydrogen-bond acceptors (Lipinski definition) is 2. The lowest BCUT2D eigenvalue weighted by atomic mass is 10.1. The van der Waals surface area contributed by atoms with Crippen LogP contribution in [-0.4, -0.2) is 13.1 Å². The van der Waals surface area contributed by atoms with Crippen LogP contribution in [0.2, 0.25) is 12.6 Å². The van der Waals surface area contributed by atoms with Gasteiger partial charge in [-0.1, -0.05) is 5.70 Å².